The van der Waals surface area contributed by atoms with E-state index in [9.17, 15) is 14.9 Å². The Morgan fingerprint density at radius 3 is 2.50 bits per heavy atom. The monoisotopic (exact) mass is 300 g/mol. The number of anilines is 1. The molecule has 2 aromatic rings. The molecule has 0 heterocycles. The van der Waals surface area contributed by atoms with Gasteiger partial charge in [0.05, 0.1) is 4.92 Å². The van der Waals surface area contributed by atoms with E-state index in [-0.39, 0.29) is 17.9 Å². The fourth-order valence-corrected chi connectivity index (χ4v) is 2.03. The number of nitrogens with one attached hydrogen (secondary N) is 1. The molecule has 0 saturated heterocycles. The largest absolute Gasteiger partial charge is 0.396 e. The number of aliphatic hydroxyl groups is 1. The molecule has 0 aliphatic carbocycles. The van der Waals surface area contributed by atoms with Crippen LogP contribution in [0.25, 0.3) is 0 Å². The summed E-state index contributed by atoms with van der Waals surface area (Å²) in [5.41, 5.74) is 2.22. The van der Waals surface area contributed by atoms with Crippen LogP contribution in [-0.2, 0) is 6.42 Å². The Morgan fingerprint density at radius 2 is 1.91 bits per heavy atom. The van der Waals surface area contributed by atoms with Gasteiger partial charge in [-0.2, -0.15) is 0 Å². The molecule has 22 heavy (non-hydrogen) atoms. The Morgan fingerprint density at radius 1 is 1.23 bits per heavy atom. The zero-order valence-corrected chi connectivity index (χ0v) is 12.1. The maximum atomic E-state index is 12.1. The van der Waals surface area contributed by atoms with Crippen LogP contribution in [0.5, 0.6) is 0 Å². The summed E-state index contributed by atoms with van der Waals surface area (Å²) in [6.07, 6.45) is 0.554. The first kappa shape index (κ1) is 15.7. The molecule has 0 atom stereocenters. The van der Waals surface area contributed by atoms with E-state index in [2.05, 4.69) is 5.32 Å². The van der Waals surface area contributed by atoms with Crippen LogP contribution in [0.2, 0.25) is 0 Å². The molecule has 0 unspecified atom stereocenters. The highest BCUT2D eigenvalue weighted by atomic mass is 16.6. The van der Waals surface area contributed by atoms with Gasteiger partial charge in [-0.3, -0.25) is 14.9 Å². The molecular weight excluding hydrogens is 284 g/mol. The molecule has 0 spiro atoms. The van der Waals surface area contributed by atoms with Crippen LogP contribution in [0.3, 0.4) is 0 Å². The molecule has 6 heteroatoms. The molecule has 1 amide bonds. The summed E-state index contributed by atoms with van der Waals surface area (Å²) < 4.78 is 0. The Bertz CT molecular complexity index is 696. The molecule has 6 nitrogen and oxygen atoms in total. The van der Waals surface area contributed by atoms with Gasteiger partial charge in [0.25, 0.3) is 11.6 Å². The Labute approximate surface area is 127 Å². The van der Waals surface area contributed by atoms with Crippen molar-refractivity contribution < 1.29 is 14.8 Å². The number of nitro groups is 1. The van der Waals surface area contributed by atoms with Gasteiger partial charge in [-0.1, -0.05) is 18.2 Å². The topological polar surface area (TPSA) is 92.5 Å². The molecule has 0 fully saturated rings. The van der Waals surface area contributed by atoms with Crippen LogP contribution in [0.15, 0.2) is 42.5 Å². The highest BCUT2D eigenvalue weighted by molar-refractivity contribution is 6.04. The van der Waals surface area contributed by atoms with Gasteiger partial charge in [0, 0.05) is 29.5 Å². The van der Waals surface area contributed by atoms with Gasteiger partial charge in [0.15, 0.2) is 0 Å². The fraction of sp³-hybridized carbons (Fsp3) is 0.188. The smallest absolute Gasteiger partial charge is 0.273 e. The second-order valence-electron chi connectivity index (χ2n) is 4.88. The average molecular weight is 300 g/mol. The summed E-state index contributed by atoms with van der Waals surface area (Å²) in [5.74, 6) is -0.405. The Kier molecular flexibility index (Phi) is 4.85. The van der Waals surface area contributed by atoms with Crippen LogP contribution in [0.4, 0.5) is 11.4 Å². The second-order valence-corrected chi connectivity index (χ2v) is 4.88. The summed E-state index contributed by atoms with van der Waals surface area (Å²) in [5, 5.41) is 22.4. The first-order valence-corrected chi connectivity index (χ1v) is 6.77. The molecule has 2 aromatic carbocycles. The number of nitro benzene ring substituents is 1. The lowest BCUT2D eigenvalue weighted by molar-refractivity contribution is -0.385. The number of aliphatic hydroxyl groups excluding tert-OH is 1. The van der Waals surface area contributed by atoms with Crippen LogP contribution in [0, 0.1) is 17.0 Å². The molecular formula is C16H16N2O4. The average Bonchev–Trinajstić information content (AvgIpc) is 2.49. The summed E-state index contributed by atoms with van der Waals surface area (Å²) in [6.45, 7) is 1.69. The highest BCUT2D eigenvalue weighted by Gasteiger charge is 2.15. The van der Waals surface area contributed by atoms with E-state index in [1.165, 1.54) is 6.07 Å². The minimum atomic E-state index is -0.504. The first-order valence-electron chi connectivity index (χ1n) is 6.77. The summed E-state index contributed by atoms with van der Waals surface area (Å²) >= 11 is 0. The molecule has 0 aliphatic heterocycles. The van der Waals surface area contributed by atoms with E-state index >= 15 is 0 Å². The van der Waals surface area contributed by atoms with E-state index in [0.717, 1.165) is 5.56 Å². The van der Waals surface area contributed by atoms with Crippen molar-refractivity contribution in [3.05, 3.63) is 69.3 Å². The lowest BCUT2D eigenvalue weighted by atomic mass is 10.1. The standard InChI is InChI=1S/C16H16N2O4/c1-11-2-5-13(10-15(11)18(21)22)16(20)17-14-6-3-12(4-7-14)8-9-19/h2-7,10,19H,8-9H2,1H3,(H,17,20). The number of hydrogen-bond donors (Lipinski definition) is 2. The number of carbonyl (C=O) groups excluding carboxylic acids is 1. The Balaban J connectivity index is 2.15. The second kappa shape index (κ2) is 6.82. The number of carbonyl (C=O) groups is 1. The minimum absolute atomic E-state index is 0.0682. The number of benzene rings is 2. The van der Waals surface area contributed by atoms with Gasteiger partial charge >= 0.3 is 0 Å². The number of hydrogen-bond acceptors (Lipinski definition) is 4. The van der Waals surface area contributed by atoms with Crippen molar-refractivity contribution in [1.82, 2.24) is 0 Å². The van der Waals surface area contributed by atoms with Crippen LogP contribution >= 0.6 is 0 Å². The summed E-state index contributed by atoms with van der Waals surface area (Å²) in [7, 11) is 0. The zero-order chi connectivity index (χ0) is 16.1. The van der Waals surface area contributed by atoms with Crippen molar-refractivity contribution in [3.63, 3.8) is 0 Å². The van der Waals surface area contributed by atoms with Crippen molar-refractivity contribution >= 4 is 17.3 Å². The lowest BCUT2D eigenvalue weighted by Crippen LogP contribution is -2.12. The number of aryl methyl sites for hydroxylation is 1. The molecule has 0 saturated carbocycles. The van der Waals surface area contributed by atoms with Crippen LogP contribution < -0.4 is 5.32 Å². The van der Waals surface area contributed by atoms with Gasteiger partial charge < -0.3 is 10.4 Å². The maximum absolute atomic E-state index is 12.1. The van der Waals surface area contributed by atoms with Gasteiger partial charge in [0.2, 0.25) is 0 Å². The minimum Gasteiger partial charge on any atom is -0.396 e. The van der Waals surface area contributed by atoms with E-state index in [1.54, 1.807) is 31.2 Å². The van der Waals surface area contributed by atoms with Gasteiger partial charge in [0.1, 0.15) is 0 Å². The molecule has 2 N–H and O–H groups in total. The van der Waals surface area contributed by atoms with Crippen molar-refractivity contribution in [3.8, 4) is 0 Å². The molecule has 0 aromatic heterocycles. The highest BCUT2D eigenvalue weighted by Crippen LogP contribution is 2.20. The van der Waals surface area contributed by atoms with Crippen LogP contribution in [0.1, 0.15) is 21.5 Å². The maximum Gasteiger partial charge on any atom is 0.273 e. The van der Waals surface area contributed by atoms with E-state index in [0.29, 0.717) is 17.7 Å². The summed E-state index contributed by atoms with van der Waals surface area (Å²) in [6, 6.07) is 11.4. The van der Waals surface area contributed by atoms with Crippen molar-refractivity contribution in [2.45, 2.75) is 13.3 Å². The van der Waals surface area contributed by atoms with E-state index in [4.69, 9.17) is 5.11 Å². The number of nitrogens with zero attached hydrogens (tertiary/aromatic N) is 1. The van der Waals surface area contributed by atoms with Gasteiger partial charge in [-0.15, -0.1) is 0 Å². The van der Waals surface area contributed by atoms with E-state index < -0.39 is 10.8 Å². The SMILES string of the molecule is Cc1ccc(C(=O)Nc2ccc(CCO)cc2)cc1[N+](=O)[O-]. The molecule has 0 radical (unpaired) electrons. The van der Waals surface area contributed by atoms with Crippen molar-refractivity contribution in [2.75, 3.05) is 11.9 Å². The third-order valence-corrected chi connectivity index (χ3v) is 3.28. The fourth-order valence-electron chi connectivity index (χ4n) is 2.03. The molecule has 0 bridgehead atoms. The summed E-state index contributed by atoms with van der Waals surface area (Å²) in [4.78, 5) is 22.5. The normalized spacial score (nSPS) is 10.3. The predicted molar refractivity (Wildman–Crippen MR) is 83.0 cm³/mol. The predicted octanol–water partition coefficient (Wildman–Crippen LogP) is 2.69. The lowest BCUT2D eigenvalue weighted by Gasteiger charge is -2.07. The quantitative estimate of drug-likeness (QED) is 0.656. The van der Waals surface area contributed by atoms with Crippen molar-refractivity contribution in [2.24, 2.45) is 0 Å². The van der Waals surface area contributed by atoms with E-state index in [1.807, 2.05) is 12.1 Å². The Hall–Kier alpha value is -2.73. The third kappa shape index (κ3) is 3.67. The number of amides is 1. The molecule has 0 aliphatic rings. The van der Waals surface area contributed by atoms with Crippen LogP contribution in [-0.4, -0.2) is 22.5 Å². The zero-order valence-electron chi connectivity index (χ0n) is 12.1. The third-order valence-electron chi connectivity index (χ3n) is 3.28. The van der Waals surface area contributed by atoms with Gasteiger partial charge in [-0.25, -0.2) is 0 Å². The van der Waals surface area contributed by atoms with Crippen molar-refractivity contribution in [1.29, 1.82) is 0 Å². The molecule has 2 rings (SSSR count). The number of rotatable bonds is 5. The molecule has 114 valence electrons. The first-order chi connectivity index (χ1) is 10.5. The van der Waals surface area contributed by atoms with Gasteiger partial charge in [-0.05, 0) is 37.1 Å².